The van der Waals surface area contributed by atoms with E-state index in [1.54, 1.807) is 37.3 Å². The van der Waals surface area contributed by atoms with Crippen molar-refractivity contribution in [2.75, 3.05) is 11.9 Å². The summed E-state index contributed by atoms with van der Waals surface area (Å²) in [6, 6.07) is 11.9. The molecule has 1 atom stereocenters. The first-order chi connectivity index (χ1) is 12.7. The van der Waals surface area contributed by atoms with E-state index in [0.29, 0.717) is 12.5 Å². The molecule has 0 fully saturated rings. The number of rotatable bonds is 6. The molecule has 4 nitrogen and oxygen atoms in total. The van der Waals surface area contributed by atoms with Gasteiger partial charge in [-0.05, 0) is 30.2 Å². The minimum Gasteiger partial charge on any atom is -0.455 e. The number of esters is 1. The molecule has 0 saturated heterocycles. The zero-order valence-electron chi connectivity index (χ0n) is 14.3. The number of nitrogens with one attached hydrogen (secondary N) is 1. The molecule has 2 rings (SSSR count). The first kappa shape index (κ1) is 20.8. The number of halogens is 4. The van der Waals surface area contributed by atoms with Gasteiger partial charge in [-0.25, -0.2) is 0 Å². The third-order valence-corrected chi connectivity index (χ3v) is 4.04. The molecule has 0 aliphatic carbocycles. The Labute approximate surface area is 159 Å². The van der Waals surface area contributed by atoms with Crippen LogP contribution in [0.25, 0.3) is 0 Å². The van der Waals surface area contributed by atoms with Crippen LogP contribution in [0.1, 0.15) is 30.4 Å². The SMILES string of the molecule is CCC(C(=O)OCC(=O)Nc1ccc(Cl)cc1C(F)(F)F)c1ccccc1. The van der Waals surface area contributed by atoms with E-state index in [1.807, 2.05) is 0 Å². The van der Waals surface area contributed by atoms with Gasteiger partial charge in [-0.3, -0.25) is 9.59 Å². The molecule has 8 heteroatoms. The van der Waals surface area contributed by atoms with Gasteiger partial charge in [0.1, 0.15) is 0 Å². The van der Waals surface area contributed by atoms with Crippen molar-refractivity contribution in [1.82, 2.24) is 0 Å². The third-order valence-electron chi connectivity index (χ3n) is 3.80. The van der Waals surface area contributed by atoms with Gasteiger partial charge in [0, 0.05) is 5.02 Å². The monoisotopic (exact) mass is 399 g/mol. The summed E-state index contributed by atoms with van der Waals surface area (Å²) in [5.74, 6) is -2.05. The predicted molar refractivity (Wildman–Crippen MR) is 95.5 cm³/mol. The number of hydrogen-bond acceptors (Lipinski definition) is 3. The van der Waals surface area contributed by atoms with E-state index in [0.717, 1.165) is 11.6 Å². The molecule has 1 amide bonds. The summed E-state index contributed by atoms with van der Waals surface area (Å²) in [4.78, 5) is 24.1. The molecule has 2 aromatic carbocycles. The molecular formula is C19H17ClF3NO3. The fourth-order valence-electron chi connectivity index (χ4n) is 2.51. The van der Waals surface area contributed by atoms with Gasteiger partial charge in [0.05, 0.1) is 17.2 Å². The van der Waals surface area contributed by atoms with Crippen LogP contribution in [0.15, 0.2) is 48.5 Å². The largest absolute Gasteiger partial charge is 0.455 e. The first-order valence-electron chi connectivity index (χ1n) is 8.10. The number of hydrogen-bond donors (Lipinski definition) is 1. The van der Waals surface area contributed by atoms with Crippen molar-refractivity contribution in [3.63, 3.8) is 0 Å². The molecule has 144 valence electrons. The van der Waals surface area contributed by atoms with Gasteiger partial charge in [0.15, 0.2) is 6.61 Å². The Hall–Kier alpha value is -2.54. The van der Waals surface area contributed by atoms with Crippen LogP contribution < -0.4 is 5.32 Å². The van der Waals surface area contributed by atoms with Crippen molar-refractivity contribution in [1.29, 1.82) is 0 Å². The number of benzene rings is 2. The van der Waals surface area contributed by atoms with Crippen LogP contribution in [-0.2, 0) is 20.5 Å². The van der Waals surface area contributed by atoms with Gasteiger partial charge >= 0.3 is 12.1 Å². The van der Waals surface area contributed by atoms with Crippen LogP contribution in [0, 0.1) is 0 Å². The van der Waals surface area contributed by atoms with E-state index < -0.39 is 41.8 Å². The molecule has 0 bridgehead atoms. The molecule has 0 radical (unpaired) electrons. The van der Waals surface area contributed by atoms with Crippen molar-refractivity contribution < 1.29 is 27.5 Å². The molecule has 2 aromatic rings. The van der Waals surface area contributed by atoms with Gasteiger partial charge in [-0.1, -0.05) is 48.9 Å². The number of ether oxygens (including phenoxy) is 1. The zero-order valence-corrected chi connectivity index (χ0v) is 15.1. The highest BCUT2D eigenvalue weighted by Crippen LogP contribution is 2.36. The van der Waals surface area contributed by atoms with Crippen molar-refractivity contribution in [2.45, 2.75) is 25.4 Å². The Morgan fingerprint density at radius 3 is 2.41 bits per heavy atom. The smallest absolute Gasteiger partial charge is 0.418 e. The van der Waals surface area contributed by atoms with Crippen LogP contribution in [0.5, 0.6) is 0 Å². The maximum Gasteiger partial charge on any atom is 0.418 e. The van der Waals surface area contributed by atoms with E-state index in [2.05, 4.69) is 5.32 Å². The molecule has 0 aliphatic heterocycles. The van der Waals surface area contributed by atoms with Gasteiger partial charge in [-0.2, -0.15) is 13.2 Å². The van der Waals surface area contributed by atoms with Gasteiger partial charge < -0.3 is 10.1 Å². The van der Waals surface area contributed by atoms with Gasteiger partial charge in [0.25, 0.3) is 5.91 Å². The van der Waals surface area contributed by atoms with Crippen LogP contribution >= 0.6 is 11.6 Å². The molecule has 27 heavy (non-hydrogen) atoms. The lowest BCUT2D eigenvalue weighted by atomic mass is 9.97. The van der Waals surface area contributed by atoms with E-state index >= 15 is 0 Å². The zero-order chi connectivity index (χ0) is 20.0. The van der Waals surface area contributed by atoms with Crippen molar-refractivity contribution in [3.05, 3.63) is 64.7 Å². The summed E-state index contributed by atoms with van der Waals surface area (Å²) < 4.78 is 44.1. The summed E-state index contributed by atoms with van der Waals surface area (Å²) in [6.07, 6.45) is -4.23. The summed E-state index contributed by atoms with van der Waals surface area (Å²) in [5, 5.41) is 1.99. The summed E-state index contributed by atoms with van der Waals surface area (Å²) in [6.45, 7) is 1.10. The van der Waals surface area contributed by atoms with Crippen molar-refractivity contribution in [3.8, 4) is 0 Å². The number of amides is 1. The fourth-order valence-corrected chi connectivity index (χ4v) is 2.68. The highest BCUT2D eigenvalue weighted by Gasteiger charge is 2.34. The van der Waals surface area contributed by atoms with E-state index in [1.165, 1.54) is 6.07 Å². The molecule has 1 unspecified atom stereocenters. The lowest BCUT2D eigenvalue weighted by Crippen LogP contribution is -2.25. The lowest BCUT2D eigenvalue weighted by molar-refractivity contribution is -0.149. The Bertz CT molecular complexity index is 810. The summed E-state index contributed by atoms with van der Waals surface area (Å²) in [5.41, 5.74) is -0.795. The normalized spacial score (nSPS) is 12.3. The number of anilines is 1. The highest BCUT2D eigenvalue weighted by atomic mass is 35.5. The Balaban J connectivity index is 2.01. The van der Waals surface area contributed by atoms with Crippen LogP contribution in [0.4, 0.5) is 18.9 Å². The Kier molecular flexibility index (Phi) is 6.85. The highest BCUT2D eigenvalue weighted by molar-refractivity contribution is 6.30. The predicted octanol–water partition coefficient (Wildman–Crippen LogP) is 5.03. The average molecular weight is 400 g/mol. The Morgan fingerprint density at radius 2 is 1.81 bits per heavy atom. The van der Waals surface area contributed by atoms with Crippen LogP contribution in [0.2, 0.25) is 5.02 Å². The lowest BCUT2D eigenvalue weighted by Gasteiger charge is -2.16. The van der Waals surface area contributed by atoms with E-state index in [4.69, 9.17) is 16.3 Å². The maximum absolute atomic E-state index is 13.0. The van der Waals surface area contributed by atoms with E-state index in [9.17, 15) is 22.8 Å². The molecular weight excluding hydrogens is 383 g/mol. The second-order valence-corrected chi connectivity index (χ2v) is 6.15. The first-order valence-corrected chi connectivity index (χ1v) is 8.48. The van der Waals surface area contributed by atoms with Crippen molar-refractivity contribution >= 4 is 29.2 Å². The maximum atomic E-state index is 13.0. The molecule has 0 spiro atoms. The molecule has 0 heterocycles. The van der Waals surface area contributed by atoms with E-state index in [-0.39, 0.29) is 5.02 Å². The molecule has 0 aliphatic rings. The van der Waals surface area contributed by atoms with Crippen molar-refractivity contribution in [2.24, 2.45) is 0 Å². The average Bonchev–Trinajstić information content (AvgIpc) is 2.62. The Morgan fingerprint density at radius 1 is 1.15 bits per heavy atom. The fraction of sp³-hybridized carbons (Fsp3) is 0.263. The second kappa shape index (κ2) is 8.90. The third kappa shape index (κ3) is 5.72. The number of alkyl halides is 3. The molecule has 0 saturated carbocycles. The quantitative estimate of drug-likeness (QED) is 0.693. The van der Waals surface area contributed by atoms with Crippen LogP contribution in [0.3, 0.4) is 0 Å². The second-order valence-electron chi connectivity index (χ2n) is 5.72. The number of carbonyl (C=O) groups excluding carboxylic acids is 2. The van der Waals surface area contributed by atoms with Gasteiger partial charge in [0.2, 0.25) is 0 Å². The van der Waals surface area contributed by atoms with Crippen LogP contribution in [-0.4, -0.2) is 18.5 Å². The standard InChI is InChI=1S/C19H17ClF3NO3/c1-2-14(12-6-4-3-5-7-12)18(26)27-11-17(25)24-16-9-8-13(20)10-15(16)19(21,22)23/h3-10,14H,2,11H2,1H3,(H,24,25). The minimum atomic E-state index is -4.69. The molecule has 1 N–H and O–H groups in total. The summed E-state index contributed by atoms with van der Waals surface area (Å²) in [7, 11) is 0. The molecule has 0 aromatic heterocycles. The summed E-state index contributed by atoms with van der Waals surface area (Å²) >= 11 is 5.59. The topological polar surface area (TPSA) is 55.4 Å². The number of carbonyl (C=O) groups is 2. The minimum absolute atomic E-state index is 0.111. The van der Waals surface area contributed by atoms with Gasteiger partial charge in [-0.15, -0.1) is 0 Å².